The molecule has 0 spiro atoms. The molecule has 8 heteroatoms. The van der Waals surface area contributed by atoms with Crippen molar-refractivity contribution >= 4 is 11.4 Å². The molecule has 0 amide bonds. The number of hydrogen-bond acceptors (Lipinski definition) is 7. The summed E-state index contributed by atoms with van der Waals surface area (Å²) in [7, 11) is 0. The quantitative estimate of drug-likeness (QED) is 0.284. The standard InChI is InChI=1S/C24H21N5O3/c25-19-6-4-16(5-7-19)24-26-13-18-14-28(11-10-22(18)27-24)15-21-8-9-23(32-21)17-2-1-3-20(12-17)29(30)31/h1-9,12-13H,10-11,14-15,25H2. The van der Waals surface area contributed by atoms with Crippen LogP contribution in [-0.4, -0.2) is 26.3 Å². The molecule has 0 bridgehead atoms. The highest BCUT2D eigenvalue weighted by Crippen LogP contribution is 2.27. The van der Waals surface area contributed by atoms with Gasteiger partial charge < -0.3 is 10.2 Å². The Morgan fingerprint density at radius 2 is 1.94 bits per heavy atom. The second-order valence-corrected chi connectivity index (χ2v) is 7.82. The van der Waals surface area contributed by atoms with Crippen LogP contribution in [-0.2, 0) is 19.5 Å². The fourth-order valence-electron chi connectivity index (χ4n) is 3.89. The number of rotatable bonds is 5. The summed E-state index contributed by atoms with van der Waals surface area (Å²) >= 11 is 0. The number of nitrogen functional groups attached to an aromatic ring is 1. The minimum absolute atomic E-state index is 0.0476. The summed E-state index contributed by atoms with van der Waals surface area (Å²) in [5.74, 6) is 2.15. The predicted molar refractivity (Wildman–Crippen MR) is 120 cm³/mol. The summed E-state index contributed by atoms with van der Waals surface area (Å²) in [4.78, 5) is 22.2. The third kappa shape index (κ3) is 4.08. The molecule has 5 rings (SSSR count). The minimum Gasteiger partial charge on any atom is -0.460 e. The van der Waals surface area contributed by atoms with Crippen LogP contribution in [0, 0.1) is 10.1 Å². The second-order valence-electron chi connectivity index (χ2n) is 7.82. The van der Waals surface area contributed by atoms with Crippen molar-refractivity contribution in [2.45, 2.75) is 19.5 Å². The molecule has 8 nitrogen and oxygen atoms in total. The summed E-state index contributed by atoms with van der Waals surface area (Å²) in [6.45, 7) is 2.25. The van der Waals surface area contributed by atoms with Crippen molar-refractivity contribution < 1.29 is 9.34 Å². The highest BCUT2D eigenvalue weighted by Gasteiger charge is 2.20. The van der Waals surface area contributed by atoms with Gasteiger partial charge in [-0.1, -0.05) is 12.1 Å². The molecule has 2 aromatic carbocycles. The van der Waals surface area contributed by atoms with Crippen LogP contribution in [0.2, 0.25) is 0 Å². The van der Waals surface area contributed by atoms with Crippen LogP contribution in [0.15, 0.2) is 71.3 Å². The van der Waals surface area contributed by atoms with Crippen LogP contribution in [0.4, 0.5) is 11.4 Å². The zero-order valence-corrected chi connectivity index (χ0v) is 17.3. The fourth-order valence-corrected chi connectivity index (χ4v) is 3.89. The monoisotopic (exact) mass is 427 g/mol. The first kappa shape index (κ1) is 19.9. The number of non-ortho nitro benzene ring substituents is 1. The molecular weight excluding hydrogens is 406 g/mol. The largest absolute Gasteiger partial charge is 0.460 e. The average molecular weight is 427 g/mol. The lowest BCUT2D eigenvalue weighted by Crippen LogP contribution is -2.30. The number of nitrogens with zero attached hydrogens (tertiary/aromatic N) is 4. The predicted octanol–water partition coefficient (Wildman–Crippen LogP) is 4.45. The SMILES string of the molecule is Nc1ccc(-c2ncc3c(n2)CCN(Cc2ccc(-c4cccc([N+](=O)[O-])c4)o2)C3)cc1. The Hall–Kier alpha value is -4.04. The van der Waals surface area contributed by atoms with Gasteiger partial charge in [-0.05, 0) is 36.4 Å². The summed E-state index contributed by atoms with van der Waals surface area (Å²) in [5, 5.41) is 11.0. The number of furan rings is 1. The molecule has 1 aliphatic heterocycles. The summed E-state index contributed by atoms with van der Waals surface area (Å²) in [5.41, 5.74) is 10.4. The molecule has 1 aliphatic rings. The van der Waals surface area contributed by atoms with E-state index in [1.54, 1.807) is 6.07 Å². The Bertz CT molecular complexity index is 1280. The van der Waals surface area contributed by atoms with Crippen molar-refractivity contribution in [1.29, 1.82) is 0 Å². The lowest BCUT2D eigenvalue weighted by Gasteiger charge is -2.27. The van der Waals surface area contributed by atoms with Crippen LogP contribution in [0.5, 0.6) is 0 Å². The van der Waals surface area contributed by atoms with E-state index in [0.29, 0.717) is 29.4 Å². The van der Waals surface area contributed by atoms with E-state index in [4.69, 9.17) is 15.1 Å². The normalized spacial score (nSPS) is 13.6. The molecule has 3 heterocycles. The molecule has 32 heavy (non-hydrogen) atoms. The number of fused-ring (bicyclic) bond motifs is 1. The van der Waals surface area contributed by atoms with Gasteiger partial charge in [0.05, 0.1) is 17.2 Å². The first-order valence-electron chi connectivity index (χ1n) is 10.3. The molecule has 0 fully saturated rings. The molecule has 0 aliphatic carbocycles. The molecule has 0 radical (unpaired) electrons. The van der Waals surface area contributed by atoms with Gasteiger partial charge in [0.1, 0.15) is 11.5 Å². The Labute approximate surface area is 184 Å². The van der Waals surface area contributed by atoms with E-state index in [9.17, 15) is 10.1 Å². The van der Waals surface area contributed by atoms with E-state index in [1.165, 1.54) is 12.1 Å². The van der Waals surface area contributed by atoms with E-state index < -0.39 is 4.92 Å². The zero-order valence-electron chi connectivity index (χ0n) is 17.3. The number of nitro groups is 1. The molecule has 2 N–H and O–H groups in total. The zero-order chi connectivity index (χ0) is 22.1. The molecule has 0 atom stereocenters. The molecule has 0 unspecified atom stereocenters. The van der Waals surface area contributed by atoms with E-state index in [2.05, 4.69) is 9.88 Å². The number of anilines is 1. The van der Waals surface area contributed by atoms with Gasteiger partial charge in [0.2, 0.25) is 0 Å². The van der Waals surface area contributed by atoms with Crippen molar-refractivity contribution in [3.8, 4) is 22.7 Å². The first-order chi connectivity index (χ1) is 15.5. The van der Waals surface area contributed by atoms with Gasteiger partial charge >= 0.3 is 0 Å². The summed E-state index contributed by atoms with van der Waals surface area (Å²) in [6, 6.07) is 17.8. The Kier molecular flexibility index (Phi) is 5.12. The van der Waals surface area contributed by atoms with Crippen LogP contribution in [0.25, 0.3) is 22.7 Å². The topological polar surface area (TPSA) is 111 Å². The van der Waals surface area contributed by atoms with Crippen LogP contribution in [0.1, 0.15) is 17.0 Å². The van der Waals surface area contributed by atoms with Crippen LogP contribution >= 0.6 is 0 Å². The Balaban J connectivity index is 1.28. The fraction of sp³-hybridized carbons (Fsp3) is 0.167. The van der Waals surface area contributed by atoms with Crippen LogP contribution in [0.3, 0.4) is 0 Å². The van der Waals surface area contributed by atoms with E-state index in [1.807, 2.05) is 48.7 Å². The number of hydrogen-bond donors (Lipinski definition) is 1. The first-order valence-corrected chi connectivity index (χ1v) is 10.3. The molecule has 4 aromatic rings. The maximum atomic E-state index is 11.0. The third-order valence-corrected chi connectivity index (χ3v) is 5.56. The van der Waals surface area contributed by atoms with Gasteiger partial charge in [0.15, 0.2) is 5.82 Å². The van der Waals surface area contributed by atoms with E-state index in [-0.39, 0.29) is 5.69 Å². The molecular formula is C24H21N5O3. The molecule has 2 aromatic heterocycles. The maximum absolute atomic E-state index is 11.0. The highest BCUT2D eigenvalue weighted by atomic mass is 16.6. The number of nitro benzene ring substituents is 1. The van der Waals surface area contributed by atoms with Gasteiger partial charge in [0, 0.05) is 60.2 Å². The molecule has 0 saturated heterocycles. The molecule has 0 saturated carbocycles. The third-order valence-electron chi connectivity index (χ3n) is 5.56. The number of nitrogens with two attached hydrogens (primary N) is 1. The summed E-state index contributed by atoms with van der Waals surface area (Å²) in [6.07, 6.45) is 2.73. The smallest absolute Gasteiger partial charge is 0.270 e. The highest BCUT2D eigenvalue weighted by molar-refractivity contribution is 5.61. The number of benzene rings is 2. The number of aromatic nitrogens is 2. The summed E-state index contributed by atoms with van der Waals surface area (Å²) < 4.78 is 5.98. The minimum atomic E-state index is -0.404. The van der Waals surface area contributed by atoms with Crippen LogP contribution < -0.4 is 5.73 Å². The van der Waals surface area contributed by atoms with Crippen molar-refractivity contribution in [3.63, 3.8) is 0 Å². The second kappa shape index (κ2) is 8.24. The maximum Gasteiger partial charge on any atom is 0.270 e. The lowest BCUT2D eigenvalue weighted by atomic mass is 10.1. The van der Waals surface area contributed by atoms with E-state index >= 15 is 0 Å². The van der Waals surface area contributed by atoms with Crippen molar-refractivity contribution in [2.75, 3.05) is 12.3 Å². The van der Waals surface area contributed by atoms with Gasteiger partial charge in [-0.15, -0.1) is 0 Å². The average Bonchev–Trinajstić information content (AvgIpc) is 3.28. The van der Waals surface area contributed by atoms with Gasteiger partial charge in [-0.25, -0.2) is 9.97 Å². The lowest BCUT2D eigenvalue weighted by molar-refractivity contribution is -0.384. The van der Waals surface area contributed by atoms with Crippen molar-refractivity contribution in [3.05, 3.63) is 94.0 Å². The Morgan fingerprint density at radius 1 is 1.09 bits per heavy atom. The van der Waals surface area contributed by atoms with E-state index in [0.717, 1.165) is 42.1 Å². The Morgan fingerprint density at radius 3 is 2.75 bits per heavy atom. The molecule has 160 valence electrons. The van der Waals surface area contributed by atoms with Crippen molar-refractivity contribution in [2.24, 2.45) is 0 Å². The van der Waals surface area contributed by atoms with Gasteiger partial charge in [-0.2, -0.15) is 0 Å². The van der Waals surface area contributed by atoms with Gasteiger partial charge in [0.25, 0.3) is 5.69 Å². The van der Waals surface area contributed by atoms with Crippen molar-refractivity contribution in [1.82, 2.24) is 14.9 Å². The van der Waals surface area contributed by atoms with Gasteiger partial charge in [-0.3, -0.25) is 15.0 Å².